The first-order valence-electron chi connectivity index (χ1n) is 12.1. The van der Waals surface area contributed by atoms with Gasteiger partial charge in [-0.15, -0.1) is 0 Å². The van der Waals surface area contributed by atoms with Crippen LogP contribution in [0.2, 0.25) is 0 Å². The summed E-state index contributed by atoms with van der Waals surface area (Å²) in [6.45, 7) is 0. The van der Waals surface area contributed by atoms with Gasteiger partial charge in [-0.3, -0.25) is 4.55 Å². The van der Waals surface area contributed by atoms with Crippen LogP contribution in [0.15, 0.2) is 41.3 Å². The van der Waals surface area contributed by atoms with Crippen molar-refractivity contribution in [3.8, 4) is 22.6 Å². The van der Waals surface area contributed by atoms with Gasteiger partial charge in [0.15, 0.2) is 5.75 Å². The maximum atomic E-state index is 12.9. The van der Waals surface area contributed by atoms with Crippen LogP contribution in [0, 0.1) is 0 Å². The van der Waals surface area contributed by atoms with E-state index in [9.17, 15) is 13.0 Å². The third-order valence-electron chi connectivity index (χ3n) is 7.14. The van der Waals surface area contributed by atoms with Crippen molar-refractivity contribution in [2.24, 2.45) is 0 Å². The number of methoxy groups -OCH3 is 2. The molecule has 35 heavy (non-hydrogen) atoms. The van der Waals surface area contributed by atoms with Gasteiger partial charge >= 0.3 is 0 Å². The minimum absolute atomic E-state index is 0. The average molecular weight is 532 g/mol. The van der Waals surface area contributed by atoms with Crippen molar-refractivity contribution in [1.82, 2.24) is 0 Å². The summed E-state index contributed by atoms with van der Waals surface area (Å²) >= 11 is 0. The summed E-state index contributed by atoms with van der Waals surface area (Å²) in [5, 5.41) is 0.736. The van der Waals surface area contributed by atoms with Crippen LogP contribution >= 0.6 is 7.92 Å². The number of hydrogen-bond acceptors (Lipinski definition) is 4. The SMILES string of the molecule is COc1cc(P(C2CCCCC2)C2CCCCC2)c(S(=O)(=O)O)c(OC)c1-c1ccccc1.O.[Na]. The minimum atomic E-state index is -4.52. The summed E-state index contributed by atoms with van der Waals surface area (Å²) in [4.78, 5) is -0.0492. The third-order valence-corrected chi connectivity index (χ3v) is 11.7. The standard InChI is InChI=1S/C26H35O5PS.Na.H2O/c1-30-22-18-23(32(20-14-8-4-9-15-20)21-16-10-5-11-17-21)26(33(27,28)29)25(31-2)24(22)19-12-6-3-7-13-19;;/h3,6-7,12-13,18,20-21H,4-5,8-11,14-17H2,1-2H3,(H,27,28,29);;1H2. The van der Waals surface area contributed by atoms with Crippen LogP contribution < -0.4 is 14.8 Å². The number of benzene rings is 2. The molecule has 2 aromatic rings. The van der Waals surface area contributed by atoms with E-state index in [2.05, 4.69) is 0 Å². The summed E-state index contributed by atoms with van der Waals surface area (Å²) in [5.74, 6) is 0.789. The molecular weight excluding hydrogens is 494 g/mol. The summed E-state index contributed by atoms with van der Waals surface area (Å²) in [6.07, 6.45) is 11.7. The van der Waals surface area contributed by atoms with Gasteiger partial charge in [0.05, 0.1) is 19.8 Å². The van der Waals surface area contributed by atoms with E-state index in [-0.39, 0.29) is 45.7 Å². The van der Waals surface area contributed by atoms with E-state index in [0.717, 1.165) is 36.6 Å². The van der Waals surface area contributed by atoms with Gasteiger partial charge in [0.1, 0.15) is 10.6 Å². The summed E-state index contributed by atoms with van der Waals surface area (Å²) < 4.78 is 48.0. The van der Waals surface area contributed by atoms with Gasteiger partial charge in [-0.2, -0.15) is 8.42 Å². The van der Waals surface area contributed by atoms with Crippen molar-refractivity contribution in [2.45, 2.75) is 80.4 Å². The van der Waals surface area contributed by atoms with Crippen LogP contribution in [-0.2, 0) is 10.1 Å². The Morgan fingerprint density at radius 1 is 0.857 bits per heavy atom. The summed E-state index contributed by atoms with van der Waals surface area (Å²) in [5.41, 5.74) is 2.30. The van der Waals surface area contributed by atoms with Gasteiger partial charge in [-0.25, -0.2) is 0 Å². The number of ether oxygens (including phenoxy) is 2. The smallest absolute Gasteiger partial charge is 0.298 e. The van der Waals surface area contributed by atoms with E-state index in [1.807, 2.05) is 36.4 Å². The molecule has 1 radical (unpaired) electrons. The molecule has 0 heterocycles. The van der Waals surface area contributed by atoms with Crippen molar-refractivity contribution in [2.75, 3.05) is 14.2 Å². The van der Waals surface area contributed by atoms with Crippen LogP contribution in [0.25, 0.3) is 11.1 Å². The van der Waals surface area contributed by atoms with E-state index in [0.29, 0.717) is 22.6 Å². The zero-order valence-electron chi connectivity index (χ0n) is 21.1. The fourth-order valence-corrected chi connectivity index (χ4v) is 10.9. The molecule has 3 N–H and O–H groups in total. The first-order valence-corrected chi connectivity index (χ1v) is 15.0. The molecule has 0 amide bonds. The molecule has 0 atom stereocenters. The third kappa shape index (κ3) is 6.81. The van der Waals surface area contributed by atoms with Gasteiger partial charge < -0.3 is 14.9 Å². The molecule has 9 heteroatoms. The van der Waals surface area contributed by atoms with Gasteiger partial charge in [-0.05, 0) is 48.6 Å². The Bertz CT molecular complexity index is 1030. The first-order chi connectivity index (χ1) is 16.0. The zero-order valence-corrected chi connectivity index (χ0v) is 24.8. The Hall–Kier alpha value is -0.660. The maximum absolute atomic E-state index is 12.9. The van der Waals surface area contributed by atoms with Gasteiger partial charge in [0.2, 0.25) is 0 Å². The molecule has 0 aliphatic heterocycles. The number of rotatable bonds is 7. The topological polar surface area (TPSA) is 104 Å². The molecule has 0 unspecified atom stereocenters. The average Bonchev–Trinajstić information content (AvgIpc) is 2.84. The van der Waals surface area contributed by atoms with Gasteiger partial charge in [-0.1, -0.05) is 76.8 Å². The van der Waals surface area contributed by atoms with Crippen molar-refractivity contribution >= 4 is 52.9 Å². The fraction of sp³-hybridized carbons (Fsp3) is 0.538. The van der Waals surface area contributed by atoms with E-state index in [1.54, 1.807) is 7.11 Å². The zero-order chi connectivity index (χ0) is 23.4. The second-order valence-electron chi connectivity index (χ2n) is 9.17. The molecule has 2 aromatic carbocycles. The Labute approximate surface area is 233 Å². The van der Waals surface area contributed by atoms with Crippen LogP contribution in [0.1, 0.15) is 64.2 Å². The van der Waals surface area contributed by atoms with Crippen molar-refractivity contribution < 1.29 is 27.9 Å². The molecule has 0 saturated heterocycles. The van der Waals surface area contributed by atoms with Crippen LogP contribution in [0.4, 0.5) is 0 Å². The molecule has 6 nitrogen and oxygen atoms in total. The minimum Gasteiger partial charge on any atom is -0.496 e. The second kappa shape index (κ2) is 13.8. The summed E-state index contributed by atoms with van der Waals surface area (Å²) in [7, 11) is -2.23. The molecule has 2 aliphatic rings. The normalized spacial score (nSPS) is 17.4. The van der Waals surface area contributed by atoms with E-state index in [1.165, 1.54) is 45.6 Å². The monoisotopic (exact) mass is 531 g/mol. The maximum Gasteiger partial charge on any atom is 0.298 e. The molecule has 2 saturated carbocycles. The molecule has 0 aromatic heterocycles. The van der Waals surface area contributed by atoms with Crippen LogP contribution in [-0.4, -0.2) is 73.5 Å². The molecule has 189 valence electrons. The summed E-state index contributed by atoms with van der Waals surface area (Å²) in [6, 6.07) is 11.4. The second-order valence-corrected chi connectivity index (χ2v) is 13.3. The fourth-order valence-electron chi connectivity index (χ4n) is 5.69. The Morgan fingerprint density at radius 3 is 1.80 bits per heavy atom. The largest absolute Gasteiger partial charge is 0.496 e. The molecule has 4 rings (SSSR count). The molecule has 2 fully saturated rings. The Morgan fingerprint density at radius 2 is 1.37 bits per heavy atom. The molecule has 2 aliphatic carbocycles. The molecule has 0 spiro atoms. The predicted molar refractivity (Wildman–Crippen MR) is 144 cm³/mol. The number of hydrogen-bond donors (Lipinski definition) is 1. The Kier molecular flexibility index (Phi) is 12.0. The molecular formula is C26H37NaO6PS. The molecule has 0 bridgehead atoms. The van der Waals surface area contributed by atoms with E-state index < -0.39 is 18.0 Å². The van der Waals surface area contributed by atoms with Crippen LogP contribution in [0.5, 0.6) is 11.5 Å². The van der Waals surface area contributed by atoms with Crippen molar-refractivity contribution in [1.29, 1.82) is 0 Å². The first kappa shape index (κ1) is 30.6. The van der Waals surface area contributed by atoms with Crippen LogP contribution in [0.3, 0.4) is 0 Å². The predicted octanol–water partition coefficient (Wildman–Crippen LogP) is 5.18. The van der Waals surface area contributed by atoms with Gasteiger partial charge in [0, 0.05) is 34.9 Å². The van der Waals surface area contributed by atoms with Gasteiger partial charge in [0.25, 0.3) is 10.1 Å². The van der Waals surface area contributed by atoms with E-state index in [4.69, 9.17) is 9.47 Å². The Balaban J connectivity index is 0.00000216. The van der Waals surface area contributed by atoms with Crippen molar-refractivity contribution in [3.63, 3.8) is 0 Å². The van der Waals surface area contributed by atoms with Crippen molar-refractivity contribution in [3.05, 3.63) is 36.4 Å². The van der Waals surface area contributed by atoms with E-state index >= 15 is 0 Å². The quantitative estimate of drug-likeness (QED) is 0.301.